The van der Waals surface area contributed by atoms with Gasteiger partial charge in [-0.15, -0.1) is 0 Å². The van der Waals surface area contributed by atoms with Crippen molar-refractivity contribution in [2.75, 3.05) is 13.1 Å². The molecule has 3 aromatic rings. The number of carbonyl (C=O) groups excluding carboxylic acids is 1. The molecule has 27 heavy (non-hydrogen) atoms. The number of imidazole rings is 1. The van der Waals surface area contributed by atoms with Gasteiger partial charge in [-0.3, -0.25) is 14.5 Å². The average molecular weight is 385 g/mol. The SMILES string of the molecule is Cn1ccnc1C(=O)C1CCCN(Cc2cc(=O)c3cccc(Cl)c3[nH]2)C1. The number of para-hydroxylation sites is 1. The monoisotopic (exact) mass is 384 g/mol. The van der Waals surface area contributed by atoms with Gasteiger partial charge >= 0.3 is 0 Å². The average Bonchev–Trinajstić information content (AvgIpc) is 3.08. The van der Waals surface area contributed by atoms with Crippen LogP contribution in [0.2, 0.25) is 5.02 Å². The number of Topliss-reactive ketones (excluding diaryl/α,β-unsaturated/α-hetero) is 1. The number of aromatic amines is 1. The van der Waals surface area contributed by atoms with E-state index >= 15 is 0 Å². The lowest BCUT2D eigenvalue weighted by atomic mass is 9.93. The number of ketones is 1. The van der Waals surface area contributed by atoms with Crippen molar-refractivity contribution in [2.45, 2.75) is 19.4 Å². The number of hydrogen-bond donors (Lipinski definition) is 1. The lowest BCUT2D eigenvalue weighted by Gasteiger charge is -2.31. The highest BCUT2D eigenvalue weighted by Crippen LogP contribution is 2.23. The number of aromatic nitrogens is 3. The highest BCUT2D eigenvalue weighted by atomic mass is 35.5. The summed E-state index contributed by atoms with van der Waals surface area (Å²) in [5.41, 5.74) is 1.43. The number of aryl methyl sites for hydroxylation is 1. The molecule has 1 aliphatic rings. The number of pyridine rings is 1. The van der Waals surface area contributed by atoms with Crippen molar-refractivity contribution in [1.82, 2.24) is 19.4 Å². The Morgan fingerprint density at radius 1 is 1.41 bits per heavy atom. The van der Waals surface area contributed by atoms with Gasteiger partial charge in [-0.1, -0.05) is 17.7 Å². The van der Waals surface area contributed by atoms with Gasteiger partial charge in [0.15, 0.2) is 11.3 Å². The predicted molar refractivity (Wildman–Crippen MR) is 105 cm³/mol. The van der Waals surface area contributed by atoms with Crippen molar-refractivity contribution in [3.05, 3.63) is 63.4 Å². The number of halogens is 1. The standard InChI is InChI=1S/C20H21ClN4O2/c1-24-9-7-22-20(24)19(27)13-4-3-8-25(11-13)12-14-10-17(26)15-5-2-6-16(21)18(15)23-14/h2,5-7,9-10,13H,3-4,8,11-12H2,1H3,(H,23,26). The first-order chi connectivity index (χ1) is 13.0. The second kappa shape index (κ2) is 7.29. The van der Waals surface area contributed by atoms with Crippen LogP contribution in [0.25, 0.3) is 10.9 Å². The predicted octanol–water partition coefficient (Wildman–Crippen LogP) is 3.01. The van der Waals surface area contributed by atoms with Crippen molar-refractivity contribution in [3.8, 4) is 0 Å². The lowest BCUT2D eigenvalue weighted by molar-refractivity contribution is 0.0796. The summed E-state index contributed by atoms with van der Waals surface area (Å²) >= 11 is 6.24. The van der Waals surface area contributed by atoms with E-state index in [1.165, 1.54) is 0 Å². The van der Waals surface area contributed by atoms with Crippen molar-refractivity contribution >= 4 is 28.3 Å². The normalized spacial score (nSPS) is 18.1. The molecule has 140 valence electrons. The zero-order valence-electron chi connectivity index (χ0n) is 15.1. The molecule has 0 spiro atoms. The minimum absolute atomic E-state index is 0.0427. The molecule has 0 saturated carbocycles. The molecule has 0 amide bonds. The number of nitrogens with one attached hydrogen (secondary N) is 1. The molecular formula is C20H21ClN4O2. The number of H-pyrrole nitrogens is 1. The molecule has 0 radical (unpaired) electrons. The molecule has 1 atom stereocenters. The van der Waals surface area contributed by atoms with E-state index in [1.54, 1.807) is 41.2 Å². The van der Waals surface area contributed by atoms with Crippen LogP contribution in [0.1, 0.15) is 29.2 Å². The molecule has 0 bridgehead atoms. The van der Waals surface area contributed by atoms with Gasteiger partial charge in [-0.2, -0.15) is 0 Å². The fourth-order valence-corrected chi connectivity index (χ4v) is 4.04. The zero-order valence-corrected chi connectivity index (χ0v) is 15.9. The van der Waals surface area contributed by atoms with Gasteiger partial charge in [-0.05, 0) is 31.5 Å². The molecule has 1 saturated heterocycles. The van der Waals surface area contributed by atoms with Crippen molar-refractivity contribution in [3.63, 3.8) is 0 Å². The van der Waals surface area contributed by atoms with Crippen molar-refractivity contribution in [2.24, 2.45) is 13.0 Å². The molecule has 0 aliphatic carbocycles. The molecule has 4 rings (SSSR count). The first-order valence-corrected chi connectivity index (χ1v) is 9.45. The van der Waals surface area contributed by atoms with Crippen molar-refractivity contribution < 1.29 is 4.79 Å². The van der Waals surface area contributed by atoms with Gasteiger partial charge in [0.2, 0.25) is 5.78 Å². The Balaban J connectivity index is 1.54. The number of benzene rings is 1. The maximum atomic E-state index is 12.8. The zero-order chi connectivity index (χ0) is 19.0. The Hall–Kier alpha value is -2.44. The number of rotatable bonds is 4. The van der Waals surface area contributed by atoms with Crippen LogP contribution in [0.5, 0.6) is 0 Å². The quantitative estimate of drug-likeness (QED) is 0.702. The number of nitrogens with zero attached hydrogens (tertiary/aromatic N) is 3. The molecule has 1 aromatic carbocycles. The summed E-state index contributed by atoms with van der Waals surface area (Å²) in [6, 6.07) is 6.94. The molecule has 6 nitrogen and oxygen atoms in total. The highest BCUT2D eigenvalue weighted by Gasteiger charge is 2.28. The number of hydrogen-bond acceptors (Lipinski definition) is 4. The van der Waals surface area contributed by atoms with E-state index in [0.29, 0.717) is 34.8 Å². The van der Waals surface area contributed by atoms with Crippen LogP contribution in [0.4, 0.5) is 0 Å². The van der Waals surface area contributed by atoms with E-state index < -0.39 is 0 Å². The Kier molecular flexibility index (Phi) is 4.85. The van der Waals surface area contributed by atoms with E-state index in [9.17, 15) is 9.59 Å². The smallest absolute Gasteiger partial charge is 0.202 e. The van der Waals surface area contributed by atoms with Gasteiger partial charge in [0.25, 0.3) is 0 Å². The van der Waals surface area contributed by atoms with Crippen molar-refractivity contribution in [1.29, 1.82) is 0 Å². The topological polar surface area (TPSA) is 71.0 Å². The van der Waals surface area contributed by atoms with Crippen LogP contribution >= 0.6 is 11.6 Å². The largest absolute Gasteiger partial charge is 0.356 e. The molecule has 1 aliphatic heterocycles. The third kappa shape index (κ3) is 3.55. The first-order valence-electron chi connectivity index (χ1n) is 9.07. The van der Waals surface area contributed by atoms with Gasteiger partial charge < -0.3 is 9.55 Å². The molecular weight excluding hydrogens is 364 g/mol. The first kappa shape index (κ1) is 17.9. The summed E-state index contributed by atoms with van der Waals surface area (Å²) in [6.07, 6.45) is 5.25. The summed E-state index contributed by atoms with van der Waals surface area (Å²) in [5, 5.41) is 1.13. The van der Waals surface area contributed by atoms with E-state index in [4.69, 9.17) is 11.6 Å². The van der Waals surface area contributed by atoms with E-state index in [-0.39, 0.29) is 17.1 Å². The van der Waals surface area contributed by atoms with E-state index in [2.05, 4.69) is 14.9 Å². The van der Waals surface area contributed by atoms with Crippen LogP contribution in [-0.2, 0) is 13.6 Å². The van der Waals surface area contributed by atoms with Gasteiger partial charge in [0.1, 0.15) is 0 Å². The second-order valence-corrected chi connectivity index (χ2v) is 7.53. The summed E-state index contributed by atoms with van der Waals surface area (Å²) in [6.45, 7) is 2.14. The minimum atomic E-state index is -0.0735. The lowest BCUT2D eigenvalue weighted by Crippen LogP contribution is -2.39. The summed E-state index contributed by atoms with van der Waals surface area (Å²) in [4.78, 5) is 34.9. The number of piperidine rings is 1. The maximum absolute atomic E-state index is 12.8. The third-order valence-electron chi connectivity index (χ3n) is 5.18. The van der Waals surface area contributed by atoms with Crippen LogP contribution in [0.3, 0.4) is 0 Å². The Morgan fingerprint density at radius 2 is 2.26 bits per heavy atom. The molecule has 1 unspecified atom stereocenters. The molecule has 1 fully saturated rings. The summed E-state index contributed by atoms with van der Waals surface area (Å²) < 4.78 is 1.77. The Labute approximate surface area is 161 Å². The van der Waals surface area contributed by atoms with E-state index in [1.807, 2.05) is 7.05 Å². The Bertz CT molecular complexity index is 1060. The number of carbonyl (C=O) groups is 1. The molecule has 2 aromatic heterocycles. The van der Waals surface area contributed by atoms with Crippen LogP contribution in [0, 0.1) is 5.92 Å². The molecule has 7 heteroatoms. The van der Waals surface area contributed by atoms with Gasteiger partial charge in [-0.25, -0.2) is 4.98 Å². The molecule has 3 heterocycles. The number of fused-ring (bicyclic) bond motifs is 1. The third-order valence-corrected chi connectivity index (χ3v) is 5.50. The molecule has 1 N–H and O–H groups in total. The fourth-order valence-electron chi connectivity index (χ4n) is 3.81. The number of likely N-dealkylation sites (tertiary alicyclic amines) is 1. The highest BCUT2D eigenvalue weighted by molar-refractivity contribution is 6.35. The van der Waals surface area contributed by atoms with Crippen LogP contribution in [0.15, 0.2) is 41.5 Å². The van der Waals surface area contributed by atoms with Gasteiger partial charge in [0.05, 0.1) is 10.5 Å². The van der Waals surface area contributed by atoms with E-state index in [0.717, 1.165) is 25.1 Å². The second-order valence-electron chi connectivity index (χ2n) is 7.12. The van der Waals surface area contributed by atoms with Gasteiger partial charge in [0, 0.05) is 55.6 Å². The summed E-state index contributed by atoms with van der Waals surface area (Å²) in [7, 11) is 1.84. The maximum Gasteiger partial charge on any atom is 0.202 e. The summed E-state index contributed by atoms with van der Waals surface area (Å²) in [5.74, 6) is 0.519. The Morgan fingerprint density at radius 3 is 3.04 bits per heavy atom. The van der Waals surface area contributed by atoms with Crippen LogP contribution < -0.4 is 5.43 Å². The minimum Gasteiger partial charge on any atom is -0.356 e. The van der Waals surface area contributed by atoms with Crippen LogP contribution in [-0.4, -0.2) is 38.3 Å². The fraction of sp³-hybridized carbons (Fsp3) is 0.350.